The number of halogens is 1. The second kappa shape index (κ2) is 6.16. The summed E-state index contributed by atoms with van der Waals surface area (Å²) in [6.45, 7) is 1.93. The first-order valence-corrected chi connectivity index (χ1v) is 6.09. The molecule has 0 saturated carbocycles. The predicted octanol–water partition coefficient (Wildman–Crippen LogP) is 3.33. The molecule has 0 unspecified atom stereocenters. The minimum atomic E-state index is -1.03. The Labute approximate surface area is 120 Å². The van der Waals surface area contributed by atoms with Gasteiger partial charge in [0.25, 0.3) is 0 Å². The van der Waals surface area contributed by atoms with Gasteiger partial charge in [0, 0.05) is 24.0 Å². The Morgan fingerprint density at radius 1 is 1.35 bits per heavy atom. The van der Waals surface area contributed by atoms with Gasteiger partial charge in [-0.1, -0.05) is 17.7 Å². The zero-order valence-electron chi connectivity index (χ0n) is 10.6. The summed E-state index contributed by atoms with van der Waals surface area (Å²) in [4.78, 5) is 18.3. The van der Waals surface area contributed by atoms with E-state index in [0.717, 1.165) is 11.6 Å². The van der Waals surface area contributed by atoms with Gasteiger partial charge in [0.1, 0.15) is 5.75 Å². The van der Waals surface area contributed by atoms with Crippen molar-refractivity contribution in [1.82, 2.24) is 9.97 Å². The standard InChI is InChI=1S/C14H11ClN2O3/c1-9-2-4-12(11(15)6-9)20-14-16-7-10(8-17-14)3-5-13(18)19/h2-8H,1H3,(H,18,19)/b5-3+. The SMILES string of the molecule is Cc1ccc(Oc2ncc(/C=C/C(=O)O)cn2)c(Cl)c1. The number of carboxylic acids is 1. The molecule has 0 spiro atoms. The van der Waals surface area contributed by atoms with Gasteiger partial charge in [-0.15, -0.1) is 0 Å². The van der Waals surface area contributed by atoms with Crippen molar-refractivity contribution < 1.29 is 14.6 Å². The Balaban J connectivity index is 2.12. The largest absolute Gasteiger partial charge is 0.478 e. The molecular formula is C14H11ClN2O3. The summed E-state index contributed by atoms with van der Waals surface area (Å²) in [5.41, 5.74) is 1.59. The summed E-state index contributed by atoms with van der Waals surface area (Å²) in [5.74, 6) is -0.567. The normalized spacial score (nSPS) is 10.7. The van der Waals surface area contributed by atoms with Crippen LogP contribution in [0, 0.1) is 6.92 Å². The van der Waals surface area contributed by atoms with E-state index < -0.39 is 5.97 Å². The van der Waals surface area contributed by atoms with Crippen LogP contribution < -0.4 is 4.74 Å². The summed E-state index contributed by atoms with van der Waals surface area (Å²) in [6.07, 6.45) is 5.33. The molecule has 2 aromatic rings. The maximum Gasteiger partial charge on any atom is 0.328 e. The molecule has 102 valence electrons. The van der Waals surface area contributed by atoms with Crippen molar-refractivity contribution in [1.29, 1.82) is 0 Å². The second-order valence-corrected chi connectivity index (χ2v) is 4.41. The zero-order chi connectivity index (χ0) is 14.5. The van der Waals surface area contributed by atoms with Gasteiger partial charge in [-0.05, 0) is 30.7 Å². The number of nitrogens with zero attached hydrogens (tertiary/aromatic N) is 2. The number of carboxylic acid groups (broad SMARTS) is 1. The molecule has 6 heteroatoms. The third-order valence-electron chi connectivity index (χ3n) is 2.36. The van der Waals surface area contributed by atoms with E-state index in [1.165, 1.54) is 18.5 Å². The maximum absolute atomic E-state index is 10.4. The minimum absolute atomic E-state index is 0.142. The monoisotopic (exact) mass is 290 g/mol. The van der Waals surface area contributed by atoms with Crippen LogP contribution in [0.5, 0.6) is 11.8 Å². The van der Waals surface area contributed by atoms with Crippen LogP contribution in [0.15, 0.2) is 36.7 Å². The second-order valence-electron chi connectivity index (χ2n) is 4.01. The van der Waals surface area contributed by atoms with Crippen molar-refractivity contribution in [2.75, 3.05) is 0 Å². The van der Waals surface area contributed by atoms with E-state index >= 15 is 0 Å². The fourth-order valence-electron chi connectivity index (χ4n) is 1.42. The first-order chi connectivity index (χ1) is 9.54. The van der Waals surface area contributed by atoms with Crippen LogP contribution in [0.3, 0.4) is 0 Å². The molecule has 0 atom stereocenters. The Morgan fingerprint density at radius 3 is 2.65 bits per heavy atom. The lowest BCUT2D eigenvalue weighted by Gasteiger charge is -2.06. The smallest absolute Gasteiger partial charge is 0.328 e. The fraction of sp³-hybridized carbons (Fsp3) is 0.0714. The van der Waals surface area contributed by atoms with Crippen LogP contribution in [-0.2, 0) is 4.79 Å². The Hall–Kier alpha value is -2.40. The van der Waals surface area contributed by atoms with E-state index in [1.807, 2.05) is 13.0 Å². The number of aromatic nitrogens is 2. The van der Waals surface area contributed by atoms with Crippen molar-refractivity contribution in [3.05, 3.63) is 52.8 Å². The highest BCUT2D eigenvalue weighted by molar-refractivity contribution is 6.32. The van der Waals surface area contributed by atoms with Crippen LogP contribution in [-0.4, -0.2) is 21.0 Å². The Bertz CT molecular complexity index is 654. The number of hydrogen-bond acceptors (Lipinski definition) is 4. The van der Waals surface area contributed by atoms with Crippen LogP contribution in [0.4, 0.5) is 0 Å². The lowest BCUT2D eigenvalue weighted by molar-refractivity contribution is -0.131. The van der Waals surface area contributed by atoms with E-state index in [1.54, 1.807) is 12.1 Å². The van der Waals surface area contributed by atoms with Crippen LogP contribution in [0.1, 0.15) is 11.1 Å². The van der Waals surface area contributed by atoms with Crippen molar-refractivity contribution in [3.8, 4) is 11.8 Å². The van der Waals surface area contributed by atoms with Gasteiger partial charge in [-0.25, -0.2) is 14.8 Å². The van der Waals surface area contributed by atoms with Gasteiger partial charge < -0.3 is 9.84 Å². The fourth-order valence-corrected chi connectivity index (χ4v) is 1.69. The molecule has 0 aliphatic rings. The highest BCUT2D eigenvalue weighted by Gasteiger charge is 2.05. The van der Waals surface area contributed by atoms with Gasteiger partial charge in [0.15, 0.2) is 0 Å². The van der Waals surface area contributed by atoms with E-state index in [0.29, 0.717) is 16.3 Å². The topological polar surface area (TPSA) is 72.3 Å². The highest BCUT2D eigenvalue weighted by Crippen LogP contribution is 2.28. The number of benzene rings is 1. The number of rotatable bonds is 4. The third-order valence-corrected chi connectivity index (χ3v) is 2.65. The molecule has 1 aromatic heterocycles. The molecule has 1 aromatic carbocycles. The van der Waals surface area contributed by atoms with Crippen molar-refractivity contribution >= 4 is 23.6 Å². The number of hydrogen-bond donors (Lipinski definition) is 1. The Kier molecular flexibility index (Phi) is 4.32. The molecule has 0 fully saturated rings. The number of aliphatic carboxylic acids is 1. The average molecular weight is 291 g/mol. The molecule has 0 bridgehead atoms. The van der Waals surface area contributed by atoms with E-state index in [9.17, 15) is 4.79 Å². The molecule has 0 amide bonds. The Morgan fingerprint density at radius 2 is 2.05 bits per heavy atom. The average Bonchev–Trinajstić information content (AvgIpc) is 2.41. The molecule has 1 heterocycles. The lowest BCUT2D eigenvalue weighted by Crippen LogP contribution is -1.93. The molecule has 5 nitrogen and oxygen atoms in total. The van der Waals surface area contributed by atoms with Crippen molar-refractivity contribution in [3.63, 3.8) is 0 Å². The highest BCUT2D eigenvalue weighted by atomic mass is 35.5. The quantitative estimate of drug-likeness (QED) is 0.874. The van der Waals surface area contributed by atoms with E-state index in [2.05, 4.69) is 9.97 Å². The van der Waals surface area contributed by atoms with Crippen LogP contribution in [0.2, 0.25) is 5.02 Å². The molecule has 0 radical (unpaired) electrons. The predicted molar refractivity (Wildman–Crippen MR) is 75.0 cm³/mol. The summed E-state index contributed by atoms with van der Waals surface area (Å²) in [7, 11) is 0. The summed E-state index contributed by atoms with van der Waals surface area (Å²) >= 11 is 6.04. The molecule has 2 rings (SSSR count). The van der Waals surface area contributed by atoms with Crippen molar-refractivity contribution in [2.24, 2.45) is 0 Å². The third kappa shape index (κ3) is 3.80. The molecule has 20 heavy (non-hydrogen) atoms. The molecule has 0 saturated heterocycles. The number of carbonyl (C=O) groups is 1. The first kappa shape index (κ1) is 14.0. The van der Waals surface area contributed by atoms with Gasteiger partial charge in [0.2, 0.25) is 0 Å². The van der Waals surface area contributed by atoms with Crippen molar-refractivity contribution in [2.45, 2.75) is 6.92 Å². The van der Waals surface area contributed by atoms with Gasteiger partial charge in [-0.2, -0.15) is 0 Å². The summed E-state index contributed by atoms with van der Waals surface area (Å²) in [6, 6.07) is 5.52. The van der Waals surface area contributed by atoms with Gasteiger partial charge >= 0.3 is 12.0 Å². The minimum Gasteiger partial charge on any atom is -0.478 e. The molecule has 1 N–H and O–H groups in total. The number of ether oxygens (including phenoxy) is 1. The summed E-state index contributed by atoms with van der Waals surface area (Å²) in [5, 5.41) is 8.99. The van der Waals surface area contributed by atoms with Crippen LogP contribution >= 0.6 is 11.6 Å². The van der Waals surface area contributed by atoms with E-state index in [4.69, 9.17) is 21.4 Å². The maximum atomic E-state index is 10.4. The zero-order valence-corrected chi connectivity index (χ0v) is 11.3. The van der Waals surface area contributed by atoms with Gasteiger partial charge in [-0.3, -0.25) is 0 Å². The van der Waals surface area contributed by atoms with Crippen LogP contribution in [0.25, 0.3) is 6.08 Å². The molecular weight excluding hydrogens is 280 g/mol. The first-order valence-electron chi connectivity index (χ1n) is 5.71. The molecule has 0 aliphatic carbocycles. The summed E-state index contributed by atoms with van der Waals surface area (Å²) < 4.78 is 5.45. The van der Waals surface area contributed by atoms with E-state index in [-0.39, 0.29) is 6.01 Å². The number of aryl methyl sites for hydroxylation is 1. The lowest BCUT2D eigenvalue weighted by atomic mass is 10.2. The molecule has 0 aliphatic heterocycles. The van der Waals surface area contributed by atoms with Gasteiger partial charge in [0.05, 0.1) is 5.02 Å².